The average Bonchev–Trinajstić information content (AvgIpc) is 3.14. The van der Waals surface area contributed by atoms with Gasteiger partial charge in [-0.2, -0.15) is 0 Å². The number of carbonyl (C=O) groups excluding carboxylic acids is 2. The smallest absolute Gasteiger partial charge is 0.338 e. The normalized spacial score (nSPS) is 15.2. The molecule has 3 aromatic rings. The topological polar surface area (TPSA) is 96.2 Å². The van der Waals surface area contributed by atoms with Crippen molar-refractivity contribution in [2.75, 3.05) is 13.7 Å². The Balaban J connectivity index is 1.95. The molecule has 0 radical (unpaired) electrons. The molecule has 1 aliphatic heterocycles. The van der Waals surface area contributed by atoms with Crippen LogP contribution < -0.4 is 24.4 Å². The minimum Gasteiger partial charge on any atom is -0.497 e. The number of fused-ring (bicyclic) bond motifs is 1. The number of allylic oxidation sites excluding steroid dienone is 1. The van der Waals surface area contributed by atoms with Crippen LogP contribution in [-0.2, 0) is 14.3 Å². The van der Waals surface area contributed by atoms with Crippen molar-refractivity contribution in [1.29, 1.82) is 0 Å². The van der Waals surface area contributed by atoms with Gasteiger partial charge in [0, 0.05) is 17.0 Å². The van der Waals surface area contributed by atoms with E-state index in [-0.39, 0.29) is 12.2 Å². The zero-order valence-electron chi connectivity index (χ0n) is 20.0. The monoisotopic (exact) mass is 570 g/mol. The van der Waals surface area contributed by atoms with Crippen LogP contribution in [0.25, 0.3) is 6.08 Å². The molecular formula is C26H23BrN2O6S. The van der Waals surface area contributed by atoms with Gasteiger partial charge in [-0.25, -0.2) is 9.79 Å². The summed E-state index contributed by atoms with van der Waals surface area (Å²) in [4.78, 5) is 43.3. The summed E-state index contributed by atoms with van der Waals surface area (Å²) in [5.41, 5.74) is 1.70. The van der Waals surface area contributed by atoms with Gasteiger partial charge in [-0.15, -0.1) is 0 Å². The highest BCUT2D eigenvalue weighted by Gasteiger charge is 2.33. The van der Waals surface area contributed by atoms with Gasteiger partial charge in [0.1, 0.15) is 11.5 Å². The summed E-state index contributed by atoms with van der Waals surface area (Å²) < 4.78 is 18.5. The molecule has 2 aromatic carbocycles. The van der Waals surface area contributed by atoms with Gasteiger partial charge in [0.25, 0.3) is 5.56 Å². The Bertz CT molecular complexity index is 1550. The first kappa shape index (κ1) is 25.6. The van der Waals surface area contributed by atoms with Crippen molar-refractivity contribution >= 4 is 45.3 Å². The van der Waals surface area contributed by atoms with Crippen LogP contribution in [0.4, 0.5) is 0 Å². The number of aromatic nitrogens is 1. The van der Waals surface area contributed by atoms with Gasteiger partial charge in [-0.3, -0.25) is 14.2 Å². The summed E-state index contributed by atoms with van der Waals surface area (Å²) >= 11 is 4.61. The molecule has 36 heavy (non-hydrogen) atoms. The third-order valence-corrected chi connectivity index (χ3v) is 6.94. The summed E-state index contributed by atoms with van der Waals surface area (Å²) in [6.45, 7) is 4.96. The molecule has 0 fully saturated rings. The number of rotatable bonds is 6. The van der Waals surface area contributed by atoms with E-state index in [1.807, 2.05) is 12.1 Å². The molecule has 0 spiro atoms. The molecule has 0 unspecified atom stereocenters. The van der Waals surface area contributed by atoms with E-state index in [4.69, 9.17) is 14.2 Å². The highest BCUT2D eigenvalue weighted by Crippen LogP contribution is 2.31. The van der Waals surface area contributed by atoms with Crippen molar-refractivity contribution in [2.24, 2.45) is 4.99 Å². The number of nitrogens with zero attached hydrogens (tertiary/aromatic N) is 2. The van der Waals surface area contributed by atoms with Crippen LogP contribution >= 0.6 is 27.3 Å². The molecule has 186 valence electrons. The van der Waals surface area contributed by atoms with E-state index in [2.05, 4.69) is 20.9 Å². The molecule has 10 heteroatoms. The molecule has 0 N–H and O–H groups in total. The molecule has 0 amide bonds. The summed E-state index contributed by atoms with van der Waals surface area (Å²) in [6.07, 6.45) is 1.65. The zero-order valence-corrected chi connectivity index (χ0v) is 22.4. The van der Waals surface area contributed by atoms with Crippen LogP contribution in [0, 0.1) is 0 Å². The Morgan fingerprint density at radius 3 is 2.56 bits per heavy atom. The van der Waals surface area contributed by atoms with E-state index in [1.54, 1.807) is 57.4 Å². The lowest BCUT2D eigenvalue weighted by Crippen LogP contribution is -2.39. The summed E-state index contributed by atoms with van der Waals surface area (Å²) in [5.74, 6) is -0.0237. The van der Waals surface area contributed by atoms with E-state index >= 15 is 0 Å². The first-order chi connectivity index (χ1) is 17.2. The number of methoxy groups -OCH3 is 1. The third kappa shape index (κ3) is 5.05. The second-order valence-electron chi connectivity index (χ2n) is 7.85. The van der Waals surface area contributed by atoms with Crippen LogP contribution in [-0.4, -0.2) is 30.2 Å². The fourth-order valence-electron chi connectivity index (χ4n) is 3.91. The predicted molar refractivity (Wildman–Crippen MR) is 139 cm³/mol. The Hall–Kier alpha value is -3.50. The van der Waals surface area contributed by atoms with Crippen molar-refractivity contribution in [3.05, 3.63) is 89.0 Å². The van der Waals surface area contributed by atoms with Crippen molar-refractivity contribution in [1.82, 2.24) is 4.57 Å². The fraction of sp³-hybridized carbons (Fsp3) is 0.231. The maximum atomic E-state index is 13.7. The van der Waals surface area contributed by atoms with Crippen molar-refractivity contribution in [3.63, 3.8) is 0 Å². The Morgan fingerprint density at radius 2 is 1.92 bits per heavy atom. The van der Waals surface area contributed by atoms with E-state index in [0.29, 0.717) is 43.2 Å². The van der Waals surface area contributed by atoms with Gasteiger partial charge in [-0.05, 0) is 55.8 Å². The average molecular weight is 571 g/mol. The van der Waals surface area contributed by atoms with Gasteiger partial charge in [-0.1, -0.05) is 39.4 Å². The van der Waals surface area contributed by atoms with E-state index in [0.717, 1.165) is 4.47 Å². The highest BCUT2D eigenvalue weighted by molar-refractivity contribution is 9.10. The van der Waals surface area contributed by atoms with Gasteiger partial charge in [0.15, 0.2) is 4.80 Å². The Labute approximate surface area is 219 Å². The molecule has 4 rings (SSSR count). The van der Waals surface area contributed by atoms with Crippen LogP contribution in [0.1, 0.15) is 37.9 Å². The Kier molecular flexibility index (Phi) is 7.56. The van der Waals surface area contributed by atoms with Crippen LogP contribution in [0.15, 0.2) is 68.0 Å². The number of hydrogen-bond acceptors (Lipinski definition) is 8. The minimum absolute atomic E-state index is 0.192. The summed E-state index contributed by atoms with van der Waals surface area (Å²) in [6, 6.07) is 11.6. The maximum absolute atomic E-state index is 13.7. The predicted octanol–water partition coefficient (Wildman–Crippen LogP) is 3.49. The van der Waals surface area contributed by atoms with Gasteiger partial charge in [0.05, 0.1) is 35.6 Å². The van der Waals surface area contributed by atoms with Crippen molar-refractivity contribution in [3.8, 4) is 11.5 Å². The minimum atomic E-state index is -0.733. The number of esters is 2. The standard InChI is InChI=1S/C26H23BrN2O6S/c1-5-34-25(32)22-14(2)28-26-29(23(22)16-6-9-19(33-4)10-7-16)24(31)21(36-26)13-17-12-18(27)8-11-20(17)35-15(3)30/h6-13,23H,5H2,1-4H3/b21-13-/t23-/m0/s1. The molecule has 2 heterocycles. The first-order valence-corrected chi connectivity index (χ1v) is 12.7. The number of ether oxygens (including phenoxy) is 3. The van der Waals surface area contributed by atoms with Gasteiger partial charge < -0.3 is 14.2 Å². The lowest BCUT2D eigenvalue weighted by atomic mass is 9.96. The summed E-state index contributed by atoms with van der Waals surface area (Å²) in [5, 5.41) is 0. The second-order valence-corrected chi connectivity index (χ2v) is 9.78. The number of benzene rings is 2. The lowest BCUT2D eigenvalue weighted by Gasteiger charge is -2.24. The number of carbonyl (C=O) groups is 2. The van der Waals surface area contributed by atoms with E-state index in [9.17, 15) is 14.4 Å². The Morgan fingerprint density at radius 1 is 1.19 bits per heavy atom. The van der Waals surface area contributed by atoms with Gasteiger partial charge >= 0.3 is 11.9 Å². The number of halogens is 1. The molecule has 8 nitrogen and oxygen atoms in total. The third-order valence-electron chi connectivity index (χ3n) is 5.46. The van der Waals surface area contributed by atoms with E-state index in [1.165, 1.54) is 22.8 Å². The molecular weight excluding hydrogens is 548 g/mol. The van der Waals surface area contributed by atoms with E-state index < -0.39 is 18.0 Å². The molecule has 1 aliphatic rings. The van der Waals surface area contributed by atoms with Crippen molar-refractivity contribution in [2.45, 2.75) is 26.8 Å². The largest absolute Gasteiger partial charge is 0.497 e. The maximum Gasteiger partial charge on any atom is 0.338 e. The number of thiazole rings is 1. The highest BCUT2D eigenvalue weighted by atomic mass is 79.9. The van der Waals surface area contributed by atoms with Crippen LogP contribution in [0.5, 0.6) is 11.5 Å². The molecule has 0 aliphatic carbocycles. The molecule has 1 atom stereocenters. The molecule has 0 saturated heterocycles. The lowest BCUT2D eigenvalue weighted by molar-refractivity contribution is -0.139. The SMILES string of the molecule is CCOC(=O)C1=C(C)N=c2s/c(=C\c3cc(Br)ccc3OC(C)=O)c(=O)n2[C@H]1c1ccc(OC)cc1. The molecule has 0 bridgehead atoms. The quantitative estimate of drug-likeness (QED) is 0.332. The molecule has 0 saturated carbocycles. The zero-order chi connectivity index (χ0) is 26.0. The van der Waals surface area contributed by atoms with Crippen LogP contribution in [0.3, 0.4) is 0 Å². The molecule has 1 aromatic heterocycles. The fourth-order valence-corrected chi connectivity index (χ4v) is 5.33. The second kappa shape index (κ2) is 10.6. The van der Waals surface area contributed by atoms with Gasteiger partial charge in [0.2, 0.25) is 0 Å². The first-order valence-electron chi connectivity index (χ1n) is 11.0. The van der Waals surface area contributed by atoms with Crippen LogP contribution in [0.2, 0.25) is 0 Å². The van der Waals surface area contributed by atoms with Crippen molar-refractivity contribution < 1.29 is 23.8 Å². The summed E-state index contributed by atoms with van der Waals surface area (Å²) in [7, 11) is 1.57. The number of hydrogen-bond donors (Lipinski definition) is 0.